The molecule has 6 heteroatoms. The topological polar surface area (TPSA) is 61.4 Å². The van der Waals surface area contributed by atoms with Crippen molar-refractivity contribution in [2.45, 2.75) is 58.2 Å². The first kappa shape index (κ1) is 20.7. The highest BCUT2D eigenvalue weighted by atomic mass is 35.5. The number of fused-ring (bicyclic) bond motifs is 1. The monoisotopic (exact) mass is 379 g/mol. The van der Waals surface area contributed by atoms with Gasteiger partial charge in [-0.1, -0.05) is 38.1 Å². The third kappa shape index (κ3) is 4.57. The maximum atomic E-state index is 12.9. The number of nitrogens with one attached hydrogen (secondary N) is 2. The standard InChI is InChI=1S/C20H29N3O2.ClH/c1-3-14(2)20(25)23-13-16-8-5-4-7-15(16)11-18(23)19(24)22-12-17-9-6-10-21-17;/h4-5,7-8,14,17-18,21H,3,6,9-13H2,1-2H3,(H,22,24);1H. The van der Waals surface area contributed by atoms with Crippen LogP contribution in [0.1, 0.15) is 44.2 Å². The molecule has 2 aliphatic heterocycles. The van der Waals surface area contributed by atoms with Crippen molar-refractivity contribution < 1.29 is 9.59 Å². The number of rotatable bonds is 5. The third-order valence-corrected chi connectivity index (χ3v) is 5.55. The van der Waals surface area contributed by atoms with Crippen LogP contribution in [0.2, 0.25) is 0 Å². The van der Waals surface area contributed by atoms with Crippen molar-refractivity contribution in [1.29, 1.82) is 0 Å². The fraction of sp³-hybridized carbons (Fsp3) is 0.600. The van der Waals surface area contributed by atoms with Gasteiger partial charge in [-0.15, -0.1) is 12.4 Å². The molecular weight excluding hydrogens is 350 g/mol. The Bertz CT molecular complexity index is 631. The van der Waals surface area contributed by atoms with Crippen LogP contribution in [0, 0.1) is 5.92 Å². The molecule has 3 unspecified atom stereocenters. The van der Waals surface area contributed by atoms with Crippen molar-refractivity contribution in [2.24, 2.45) is 5.92 Å². The molecule has 0 saturated carbocycles. The second-order valence-corrected chi connectivity index (χ2v) is 7.30. The molecule has 0 radical (unpaired) electrons. The average molecular weight is 380 g/mol. The maximum absolute atomic E-state index is 12.9. The molecule has 2 heterocycles. The van der Waals surface area contributed by atoms with Gasteiger partial charge in [-0.2, -0.15) is 0 Å². The summed E-state index contributed by atoms with van der Waals surface area (Å²) in [6, 6.07) is 8.08. The predicted molar refractivity (Wildman–Crippen MR) is 105 cm³/mol. The summed E-state index contributed by atoms with van der Waals surface area (Å²) in [4.78, 5) is 27.5. The molecule has 0 bridgehead atoms. The van der Waals surface area contributed by atoms with Gasteiger partial charge in [0.2, 0.25) is 11.8 Å². The molecule has 2 N–H and O–H groups in total. The summed E-state index contributed by atoms with van der Waals surface area (Å²) >= 11 is 0. The molecule has 2 amide bonds. The average Bonchev–Trinajstić information content (AvgIpc) is 3.17. The van der Waals surface area contributed by atoms with E-state index >= 15 is 0 Å². The highest BCUT2D eigenvalue weighted by Gasteiger charge is 2.36. The lowest BCUT2D eigenvalue weighted by Gasteiger charge is -2.37. The molecule has 1 aromatic rings. The summed E-state index contributed by atoms with van der Waals surface area (Å²) in [5.74, 6) is -0.00642. The Morgan fingerprint density at radius 1 is 1.31 bits per heavy atom. The van der Waals surface area contributed by atoms with Gasteiger partial charge in [0.05, 0.1) is 0 Å². The van der Waals surface area contributed by atoms with E-state index < -0.39 is 6.04 Å². The van der Waals surface area contributed by atoms with Gasteiger partial charge in [0.1, 0.15) is 6.04 Å². The second kappa shape index (κ2) is 9.38. The van der Waals surface area contributed by atoms with Gasteiger partial charge in [-0.05, 0) is 36.9 Å². The van der Waals surface area contributed by atoms with Gasteiger partial charge in [-0.25, -0.2) is 0 Å². The summed E-state index contributed by atoms with van der Waals surface area (Å²) in [6.45, 7) is 6.15. The third-order valence-electron chi connectivity index (χ3n) is 5.55. The van der Waals surface area contributed by atoms with Crippen molar-refractivity contribution in [3.05, 3.63) is 35.4 Å². The first-order chi connectivity index (χ1) is 12.1. The smallest absolute Gasteiger partial charge is 0.243 e. The summed E-state index contributed by atoms with van der Waals surface area (Å²) in [6.07, 6.45) is 3.65. The zero-order chi connectivity index (χ0) is 17.8. The number of hydrogen-bond donors (Lipinski definition) is 2. The number of carbonyl (C=O) groups is 2. The molecule has 0 aromatic heterocycles. The maximum Gasteiger partial charge on any atom is 0.243 e. The van der Waals surface area contributed by atoms with Gasteiger partial charge >= 0.3 is 0 Å². The normalized spacial score (nSPS) is 22.9. The highest BCUT2D eigenvalue weighted by Crippen LogP contribution is 2.25. The molecule has 3 rings (SSSR count). The van der Waals surface area contributed by atoms with Gasteiger partial charge in [0.15, 0.2) is 0 Å². The molecule has 144 valence electrons. The quantitative estimate of drug-likeness (QED) is 0.825. The lowest BCUT2D eigenvalue weighted by molar-refractivity contribution is -0.144. The van der Waals surface area contributed by atoms with Crippen LogP contribution in [-0.2, 0) is 22.6 Å². The molecule has 26 heavy (non-hydrogen) atoms. The van der Waals surface area contributed by atoms with E-state index in [1.54, 1.807) is 4.90 Å². The van der Waals surface area contributed by atoms with Crippen LogP contribution in [0.5, 0.6) is 0 Å². The molecule has 0 spiro atoms. The fourth-order valence-corrected chi connectivity index (χ4v) is 3.72. The minimum absolute atomic E-state index is 0. The first-order valence-corrected chi connectivity index (χ1v) is 9.48. The Morgan fingerprint density at radius 3 is 2.69 bits per heavy atom. The summed E-state index contributed by atoms with van der Waals surface area (Å²) in [5, 5.41) is 6.47. The zero-order valence-corrected chi connectivity index (χ0v) is 16.5. The largest absolute Gasteiger partial charge is 0.353 e. The van der Waals surface area contributed by atoms with Crippen LogP contribution in [0.3, 0.4) is 0 Å². The van der Waals surface area contributed by atoms with Crippen LogP contribution in [0.25, 0.3) is 0 Å². The minimum Gasteiger partial charge on any atom is -0.353 e. The number of halogens is 1. The molecular formula is C20H30ClN3O2. The van der Waals surface area contributed by atoms with E-state index in [9.17, 15) is 9.59 Å². The first-order valence-electron chi connectivity index (χ1n) is 9.48. The molecule has 1 saturated heterocycles. The van der Waals surface area contributed by atoms with Crippen molar-refractivity contribution >= 4 is 24.2 Å². The van der Waals surface area contributed by atoms with Crippen molar-refractivity contribution in [2.75, 3.05) is 13.1 Å². The Morgan fingerprint density at radius 2 is 2.04 bits per heavy atom. The summed E-state index contributed by atoms with van der Waals surface area (Å²) < 4.78 is 0. The van der Waals surface area contributed by atoms with E-state index in [4.69, 9.17) is 0 Å². The number of nitrogens with zero attached hydrogens (tertiary/aromatic N) is 1. The SMILES string of the molecule is CCC(C)C(=O)N1Cc2ccccc2CC1C(=O)NCC1CCCN1.Cl. The van der Waals surface area contributed by atoms with Crippen LogP contribution in [0.4, 0.5) is 0 Å². The predicted octanol–water partition coefficient (Wildman–Crippen LogP) is 2.28. The van der Waals surface area contributed by atoms with Crippen molar-refractivity contribution in [1.82, 2.24) is 15.5 Å². The van der Waals surface area contributed by atoms with E-state index in [0.717, 1.165) is 31.4 Å². The van der Waals surface area contributed by atoms with Crippen LogP contribution < -0.4 is 10.6 Å². The van der Waals surface area contributed by atoms with Crippen molar-refractivity contribution in [3.8, 4) is 0 Å². The molecule has 5 nitrogen and oxygen atoms in total. The van der Waals surface area contributed by atoms with Gasteiger partial charge < -0.3 is 15.5 Å². The van der Waals surface area contributed by atoms with E-state index in [1.165, 1.54) is 5.56 Å². The van der Waals surface area contributed by atoms with Crippen molar-refractivity contribution in [3.63, 3.8) is 0 Å². The fourth-order valence-electron chi connectivity index (χ4n) is 3.72. The number of carbonyl (C=O) groups excluding carboxylic acids is 2. The lowest BCUT2D eigenvalue weighted by Crippen LogP contribution is -2.54. The molecule has 1 aromatic carbocycles. The van der Waals surface area contributed by atoms with Gasteiger partial charge in [0, 0.05) is 31.5 Å². The zero-order valence-electron chi connectivity index (χ0n) is 15.7. The Labute approximate surface area is 162 Å². The van der Waals surface area contributed by atoms with Crippen LogP contribution >= 0.6 is 12.4 Å². The van der Waals surface area contributed by atoms with Gasteiger partial charge in [-0.3, -0.25) is 9.59 Å². The van der Waals surface area contributed by atoms with Crippen LogP contribution in [-0.4, -0.2) is 41.9 Å². The second-order valence-electron chi connectivity index (χ2n) is 7.30. The highest BCUT2D eigenvalue weighted by molar-refractivity contribution is 5.89. The number of hydrogen-bond acceptors (Lipinski definition) is 3. The van der Waals surface area contributed by atoms with E-state index in [2.05, 4.69) is 22.8 Å². The summed E-state index contributed by atoms with van der Waals surface area (Å²) in [5.41, 5.74) is 2.33. The number of amides is 2. The lowest BCUT2D eigenvalue weighted by atomic mass is 9.92. The molecule has 0 aliphatic carbocycles. The summed E-state index contributed by atoms with van der Waals surface area (Å²) in [7, 11) is 0. The van der Waals surface area contributed by atoms with Gasteiger partial charge in [0.25, 0.3) is 0 Å². The molecule has 2 aliphatic rings. The van der Waals surface area contributed by atoms with E-state index in [1.807, 2.05) is 26.0 Å². The van der Waals surface area contributed by atoms with E-state index in [-0.39, 0.29) is 30.1 Å². The Kier molecular flexibility index (Phi) is 7.47. The minimum atomic E-state index is -0.405. The Hall–Kier alpha value is -1.59. The number of benzene rings is 1. The van der Waals surface area contributed by atoms with Crippen LogP contribution in [0.15, 0.2) is 24.3 Å². The van der Waals surface area contributed by atoms with E-state index in [0.29, 0.717) is 25.6 Å². The molecule has 3 atom stereocenters. The molecule has 1 fully saturated rings. The Balaban J connectivity index is 0.00000243.